The number of sulfonamides is 1. The van der Waals surface area contributed by atoms with Crippen LogP contribution in [-0.2, 0) is 10.0 Å². The van der Waals surface area contributed by atoms with Crippen molar-refractivity contribution in [2.24, 2.45) is 0 Å². The maximum Gasteiger partial charge on any atom is 0.240 e. The molecule has 0 aliphatic rings. The van der Waals surface area contributed by atoms with Crippen LogP contribution in [0.15, 0.2) is 29.2 Å². The summed E-state index contributed by atoms with van der Waals surface area (Å²) in [6.45, 7) is 6.17. The molecule has 1 rings (SSSR count). The molecule has 0 spiro atoms. The summed E-state index contributed by atoms with van der Waals surface area (Å²) >= 11 is 0. The highest BCUT2D eigenvalue weighted by atomic mass is 32.2. The van der Waals surface area contributed by atoms with Crippen molar-refractivity contribution in [3.05, 3.63) is 24.3 Å². The van der Waals surface area contributed by atoms with Crippen LogP contribution in [-0.4, -0.2) is 32.2 Å². The van der Waals surface area contributed by atoms with Crippen LogP contribution in [0, 0.1) is 0 Å². The minimum Gasteiger partial charge on any atom is -0.396 e. The Labute approximate surface area is 115 Å². The molecule has 0 aliphatic heterocycles. The normalized spacial score (nSPS) is 12.4. The van der Waals surface area contributed by atoms with E-state index in [2.05, 4.69) is 10.0 Å². The minimum atomic E-state index is -3.40. The van der Waals surface area contributed by atoms with E-state index in [9.17, 15) is 8.42 Å². The van der Waals surface area contributed by atoms with E-state index < -0.39 is 10.0 Å². The third kappa shape index (κ3) is 4.81. The monoisotopic (exact) mass is 286 g/mol. The SMILES string of the molecule is CCNS(=O)(=O)c1ccc(NC(C)(C)CCO)cc1. The van der Waals surface area contributed by atoms with Crippen LogP contribution < -0.4 is 10.0 Å². The van der Waals surface area contributed by atoms with Crippen LogP contribution in [0.5, 0.6) is 0 Å². The Balaban J connectivity index is 2.83. The Bertz CT molecular complexity index is 495. The van der Waals surface area contributed by atoms with E-state index in [0.29, 0.717) is 13.0 Å². The average Bonchev–Trinajstić information content (AvgIpc) is 2.28. The van der Waals surface area contributed by atoms with Gasteiger partial charge in [0.15, 0.2) is 0 Å². The zero-order valence-electron chi connectivity index (χ0n) is 11.6. The molecule has 3 N–H and O–H groups in total. The third-order valence-electron chi connectivity index (χ3n) is 2.72. The molecule has 0 atom stereocenters. The van der Waals surface area contributed by atoms with E-state index in [1.165, 1.54) is 0 Å². The fourth-order valence-electron chi connectivity index (χ4n) is 1.72. The highest BCUT2D eigenvalue weighted by Crippen LogP contribution is 2.19. The third-order valence-corrected chi connectivity index (χ3v) is 4.28. The number of nitrogens with one attached hydrogen (secondary N) is 2. The Morgan fingerprint density at radius 3 is 2.26 bits per heavy atom. The second kappa shape index (κ2) is 6.36. The zero-order valence-corrected chi connectivity index (χ0v) is 12.4. The standard InChI is InChI=1S/C13H22N2O3S/c1-4-14-19(17,18)12-7-5-11(6-8-12)15-13(2,3)9-10-16/h5-8,14-16H,4,9-10H2,1-3H3. The largest absolute Gasteiger partial charge is 0.396 e. The molecule has 19 heavy (non-hydrogen) atoms. The Morgan fingerprint density at radius 2 is 1.79 bits per heavy atom. The van der Waals surface area contributed by atoms with Crippen molar-refractivity contribution in [3.63, 3.8) is 0 Å². The van der Waals surface area contributed by atoms with Gasteiger partial charge in [-0.2, -0.15) is 0 Å². The molecule has 0 saturated carbocycles. The number of aliphatic hydroxyl groups excluding tert-OH is 1. The van der Waals surface area contributed by atoms with Crippen molar-refractivity contribution in [2.45, 2.75) is 37.6 Å². The van der Waals surface area contributed by atoms with Gasteiger partial charge in [-0.3, -0.25) is 0 Å². The van der Waals surface area contributed by atoms with Crippen molar-refractivity contribution in [1.29, 1.82) is 0 Å². The molecule has 0 amide bonds. The van der Waals surface area contributed by atoms with E-state index >= 15 is 0 Å². The first kappa shape index (κ1) is 15.9. The first-order valence-corrected chi connectivity index (χ1v) is 7.78. The lowest BCUT2D eigenvalue weighted by molar-refractivity contribution is 0.261. The molecule has 1 aromatic rings. The number of anilines is 1. The van der Waals surface area contributed by atoms with Crippen molar-refractivity contribution in [2.75, 3.05) is 18.5 Å². The van der Waals surface area contributed by atoms with Crippen LogP contribution in [0.4, 0.5) is 5.69 Å². The second-order valence-corrected chi connectivity index (χ2v) is 6.78. The Kier molecular flexibility index (Phi) is 5.34. The molecule has 0 heterocycles. The van der Waals surface area contributed by atoms with Gasteiger partial charge in [0.25, 0.3) is 0 Å². The lowest BCUT2D eigenvalue weighted by Crippen LogP contribution is -2.31. The van der Waals surface area contributed by atoms with Gasteiger partial charge in [-0.25, -0.2) is 13.1 Å². The van der Waals surface area contributed by atoms with Gasteiger partial charge in [0.1, 0.15) is 0 Å². The van der Waals surface area contributed by atoms with Gasteiger partial charge in [0.2, 0.25) is 10.0 Å². The molecule has 0 aromatic heterocycles. The zero-order chi connectivity index (χ0) is 14.5. The van der Waals surface area contributed by atoms with Crippen LogP contribution in [0.1, 0.15) is 27.2 Å². The van der Waals surface area contributed by atoms with Crippen molar-refractivity contribution in [3.8, 4) is 0 Å². The molecule has 0 fully saturated rings. The van der Waals surface area contributed by atoms with Crippen LogP contribution >= 0.6 is 0 Å². The summed E-state index contributed by atoms with van der Waals surface area (Å²) in [4.78, 5) is 0.250. The number of hydrogen-bond acceptors (Lipinski definition) is 4. The number of rotatable bonds is 7. The second-order valence-electron chi connectivity index (χ2n) is 5.01. The van der Waals surface area contributed by atoms with Crippen LogP contribution in [0.25, 0.3) is 0 Å². The van der Waals surface area contributed by atoms with E-state index in [0.717, 1.165) is 5.69 Å². The predicted octanol–water partition coefficient (Wildman–Crippen LogP) is 1.56. The van der Waals surface area contributed by atoms with Gasteiger partial charge in [0, 0.05) is 24.4 Å². The smallest absolute Gasteiger partial charge is 0.240 e. The van der Waals surface area contributed by atoms with E-state index in [4.69, 9.17) is 5.11 Å². The number of benzene rings is 1. The Morgan fingerprint density at radius 1 is 1.21 bits per heavy atom. The summed E-state index contributed by atoms with van der Waals surface area (Å²) < 4.78 is 26.0. The number of aliphatic hydroxyl groups is 1. The molecular formula is C13H22N2O3S. The summed E-state index contributed by atoms with van der Waals surface area (Å²) in [7, 11) is -3.40. The van der Waals surface area contributed by atoms with Gasteiger partial charge in [-0.15, -0.1) is 0 Å². The molecule has 1 aromatic carbocycles. The summed E-state index contributed by atoms with van der Waals surface area (Å²) in [5.74, 6) is 0. The lowest BCUT2D eigenvalue weighted by Gasteiger charge is -2.26. The number of hydrogen-bond donors (Lipinski definition) is 3. The van der Waals surface area contributed by atoms with Crippen LogP contribution in [0.3, 0.4) is 0 Å². The molecule has 0 radical (unpaired) electrons. The maximum absolute atomic E-state index is 11.8. The van der Waals surface area contributed by atoms with Gasteiger partial charge in [-0.1, -0.05) is 6.92 Å². The molecule has 5 nitrogen and oxygen atoms in total. The minimum absolute atomic E-state index is 0.104. The van der Waals surface area contributed by atoms with E-state index in [-0.39, 0.29) is 17.0 Å². The van der Waals surface area contributed by atoms with Gasteiger partial charge in [-0.05, 0) is 44.5 Å². The molecule has 108 valence electrons. The van der Waals surface area contributed by atoms with E-state index in [1.54, 1.807) is 31.2 Å². The van der Waals surface area contributed by atoms with Crippen LogP contribution in [0.2, 0.25) is 0 Å². The van der Waals surface area contributed by atoms with Gasteiger partial charge < -0.3 is 10.4 Å². The summed E-state index contributed by atoms with van der Waals surface area (Å²) in [5, 5.41) is 12.2. The lowest BCUT2D eigenvalue weighted by atomic mass is 10.0. The first-order chi connectivity index (χ1) is 8.80. The summed E-state index contributed by atoms with van der Waals surface area (Å²) in [5.41, 5.74) is 0.588. The van der Waals surface area contributed by atoms with Gasteiger partial charge >= 0.3 is 0 Å². The van der Waals surface area contributed by atoms with Crippen molar-refractivity contribution in [1.82, 2.24) is 4.72 Å². The fraction of sp³-hybridized carbons (Fsp3) is 0.538. The predicted molar refractivity (Wildman–Crippen MR) is 76.7 cm³/mol. The summed E-state index contributed by atoms with van der Waals surface area (Å²) in [6.07, 6.45) is 0.616. The fourth-order valence-corrected chi connectivity index (χ4v) is 2.76. The molecule has 0 saturated heterocycles. The van der Waals surface area contributed by atoms with Gasteiger partial charge in [0.05, 0.1) is 4.90 Å². The van der Waals surface area contributed by atoms with E-state index in [1.807, 2.05) is 13.8 Å². The molecule has 0 aliphatic carbocycles. The molecule has 6 heteroatoms. The molecule has 0 bridgehead atoms. The topological polar surface area (TPSA) is 78.4 Å². The highest BCUT2D eigenvalue weighted by molar-refractivity contribution is 7.89. The quantitative estimate of drug-likeness (QED) is 0.711. The summed E-state index contributed by atoms with van der Waals surface area (Å²) in [6, 6.07) is 6.58. The average molecular weight is 286 g/mol. The van der Waals surface area contributed by atoms with Crippen molar-refractivity contribution < 1.29 is 13.5 Å². The van der Waals surface area contributed by atoms with Crippen molar-refractivity contribution >= 4 is 15.7 Å². The first-order valence-electron chi connectivity index (χ1n) is 6.29. The molecule has 0 unspecified atom stereocenters. The maximum atomic E-state index is 11.8. The Hall–Kier alpha value is -1.11. The highest BCUT2D eigenvalue weighted by Gasteiger charge is 2.17. The molecular weight excluding hydrogens is 264 g/mol.